The van der Waals surface area contributed by atoms with Gasteiger partial charge >= 0.3 is 0 Å². The molecule has 3 rings (SSSR count). The van der Waals surface area contributed by atoms with E-state index in [-0.39, 0.29) is 5.91 Å². The van der Waals surface area contributed by atoms with Crippen molar-refractivity contribution in [1.29, 1.82) is 0 Å². The molecule has 0 aliphatic rings. The average Bonchev–Trinajstić information content (AvgIpc) is 3.10. The van der Waals surface area contributed by atoms with E-state index in [0.29, 0.717) is 25.2 Å². The van der Waals surface area contributed by atoms with E-state index in [4.69, 9.17) is 0 Å². The largest absolute Gasteiger partial charge is 0.356 e. The lowest BCUT2D eigenvalue weighted by Gasteiger charge is -2.10. The Morgan fingerprint density at radius 2 is 2.04 bits per heavy atom. The van der Waals surface area contributed by atoms with Crippen molar-refractivity contribution >= 4 is 23.4 Å². The number of hydrogen-bond acceptors (Lipinski definition) is 5. The van der Waals surface area contributed by atoms with Crippen molar-refractivity contribution in [2.24, 2.45) is 0 Å². The molecule has 1 aromatic carbocycles. The van der Waals surface area contributed by atoms with Crippen molar-refractivity contribution in [2.45, 2.75) is 38.0 Å². The van der Waals surface area contributed by atoms with Gasteiger partial charge < -0.3 is 5.32 Å². The van der Waals surface area contributed by atoms with Crippen molar-refractivity contribution in [3.63, 3.8) is 0 Å². The maximum absolute atomic E-state index is 12.1. The second-order valence-electron chi connectivity index (χ2n) is 6.10. The van der Waals surface area contributed by atoms with Crippen LogP contribution in [0.2, 0.25) is 0 Å². The van der Waals surface area contributed by atoms with Crippen LogP contribution in [0.4, 0.5) is 0 Å². The van der Waals surface area contributed by atoms with E-state index in [1.807, 2.05) is 43.8 Å². The van der Waals surface area contributed by atoms with Crippen molar-refractivity contribution < 1.29 is 4.79 Å². The molecule has 2 aromatic heterocycles. The number of aromatic nitrogens is 4. The number of amides is 1. The zero-order chi connectivity index (χ0) is 18.4. The van der Waals surface area contributed by atoms with Crippen LogP contribution in [0.3, 0.4) is 0 Å². The van der Waals surface area contributed by atoms with E-state index in [1.54, 1.807) is 4.52 Å². The Morgan fingerprint density at radius 3 is 2.85 bits per heavy atom. The summed E-state index contributed by atoms with van der Waals surface area (Å²) in [5, 5.41) is 7.19. The summed E-state index contributed by atoms with van der Waals surface area (Å²) < 4.78 is 1.72. The highest BCUT2D eigenvalue weighted by molar-refractivity contribution is 7.99. The average molecular weight is 369 g/mol. The van der Waals surface area contributed by atoms with Gasteiger partial charge in [0.15, 0.2) is 0 Å². The summed E-state index contributed by atoms with van der Waals surface area (Å²) in [6, 6.07) is 10.3. The molecule has 26 heavy (non-hydrogen) atoms. The van der Waals surface area contributed by atoms with Crippen molar-refractivity contribution in [3.8, 4) is 0 Å². The molecular weight excluding hydrogens is 346 g/mol. The lowest BCUT2D eigenvalue weighted by molar-refractivity contribution is -0.121. The SMILES string of the molecule is Cc1nc2ncnn2c(C)c1CCC(=O)NCCCSc1ccccc1. The van der Waals surface area contributed by atoms with Gasteiger partial charge in [0.05, 0.1) is 0 Å². The summed E-state index contributed by atoms with van der Waals surface area (Å²) in [4.78, 5) is 21.9. The second kappa shape index (κ2) is 8.80. The third kappa shape index (κ3) is 4.60. The van der Waals surface area contributed by atoms with Gasteiger partial charge in [-0.2, -0.15) is 10.1 Å². The molecule has 0 atom stereocenters. The predicted molar refractivity (Wildman–Crippen MR) is 103 cm³/mol. The molecular formula is C19H23N5OS. The van der Waals surface area contributed by atoms with Crippen LogP contribution in [0.25, 0.3) is 5.78 Å². The fraction of sp³-hybridized carbons (Fsp3) is 0.368. The number of carbonyl (C=O) groups excluding carboxylic acids is 1. The third-order valence-electron chi connectivity index (χ3n) is 4.25. The number of thioether (sulfide) groups is 1. The lowest BCUT2D eigenvalue weighted by Crippen LogP contribution is -2.25. The van der Waals surface area contributed by atoms with Crippen LogP contribution in [0.15, 0.2) is 41.6 Å². The minimum Gasteiger partial charge on any atom is -0.356 e. The molecule has 0 aliphatic carbocycles. The second-order valence-corrected chi connectivity index (χ2v) is 7.27. The van der Waals surface area contributed by atoms with E-state index in [2.05, 4.69) is 32.5 Å². The van der Waals surface area contributed by atoms with Crippen LogP contribution in [0, 0.1) is 13.8 Å². The van der Waals surface area contributed by atoms with Crippen LogP contribution in [0.5, 0.6) is 0 Å². The fourth-order valence-electron chi connectivity index (χ4n) is 2.85. The minimum atomic E-state index is 0.0761. The van der Waals surface area contributed by atoms with Crippen LogP contribution in [-0.4, -0.2) is 37.8 Å². The summed E-state index contributed by atoms with van der Waals surface area (Å²) in [6.07, 6.45) is 3.56. The maximum Gasteiger partial charge on any atom is 0.252 e. The first-order valence-corrected chi connectivity index (χ1v) is 9.74. The van der Waals surface area contributed by atoms with Gasteiger partial charge in [-0.15, -0.1) is 11.8 Å². The van der Waals surface area contributed by atoms with E-state index in [1.165, 1.54) is 11.2 Å². The third-order valence-corrected chi connectivity index (χ3v) is 5.34. The van der Waals surface area contributed by atoms with Crippen molar-refractivity contribution in [3.05, 3.63) is 53.6 Å². The Kier molecular flexibility index (Phi) is 6.22. The van der Waals surface area contributed by atoms with Gasteiger partial charge in [-0.25, -0.2) is 9.50 Å². The molecule has 7 heteroatoms. The smallest absolute Gasteiger partial charge is 0.252 e. The maximum atomic E-state index is 12.1. The topological polar surface area (TPSA) is 72.2 Å². The van der Waals surface area contributed by atoms with E-state index in [9.17, 15) is 4.79 Å². The van der Waals surface area contributed by atoms with Gasteiger partial charge in [0.25, 0.3) is 5.78 Å². The van der Waals surface area contributed by atoms with Crippen LogP contribution >= 0.6 is 11.8 Å². The number of benzene rings is 1. The fourth-order valence-corrected chi connectivity index (χ4v) is 3.72. The summed E-state index contributed by atoms with van der Waals surface area (Å²) in [7, 11) is 0. The normalized spacial score (nSPS) is 11.0. The minimum absolute atomic E-state index is 0.0761. The molecule has 0 saturated heterocycles. The molecule has 0 aliphatic heterocycles. The summed E-state index contributed by atoms with van der Waals surface area (Å²) in [6.45, 7) is 4.65. The van der Waals surface area contributed by atoms with E-state index in [0.717, 1.165) is 29.1 Å². The predicted octanol–water partition coefficient (Wildman–Crippen LogP) is 2.97. The number of hydrogen-bond donors (Lipinski definition) is 1. The first kappa shape index (κ1) is 18.4. The molecule has 0 fully saturated rings. The number of nitrogens with one attached hydrogen (secondary N) is 1. The summed E-state index contributed by atoms with van der Waals surface area (Å²) >= 11 is 1.81. The van der Waals surface area contributed by atoms with E-state index < -0.39 is 0 Å². The molecule has 0 saturated carbocycles. The number of nitrogens with zero attached hydrogens (tertiary/aromatic N) is 4. The van der Waals surface area contributed by atoms with Crippen molar-refractivity contribution in [2.75, 3.05) is 12.3 Å². The standard InChI is InChI=1S/C19H23N5OS/c1-14-17(15(2)24-19(23-14)21-13-22-24)9-10-18(25)20-11-6-12-26-16-7-4-3-5-8-16/h3-5,7-8,13H,6,9-12H2,1-2H3,(H,20,25). The molecule has 1 N–H and O–H groups in total. The quantitative estimate of drug-likeness (QED) is 0.488. The Morgan fingerprint density at radius 1 is 1.23 bits per heavy atom. The Hall–Kier alpha value is -2.41. The van der Waals surface area contributed by atoms with E-state index >= 15 is 0 Å². The van der Waals surface area contributed by atoms with Gasteiger partial charge in [0, 0.05) is 29.2 Å². The Balaban J connectivity index is 1.42. The van der Waals surface area contributed by atoms with Crippen LogP contribution in [0.1, 0.15) is 29.8 Å². The molecule has 136 valence electrons. The van der Waals surface area contributed by atoms with Gasteiger partial charge in [0.1, 0.15) is 6.33 Å². The number of rotatable bonds is 8. The lowest BCUT2D eigenvalue weighted by atomic mass is 10.1. The molecule has 0 radical (unpaired) electrons. The molecule has 0 spiro atoms. The number of aryl methyl sites for hydroxylation is 2. The number of fused-ring (bicyclic) bond motifs is 1. The first-order chi connectivity index (χ1) is 12.6. The Labute approximate surface area is 157 Å². The molecule has 1 amide bonds. The Bertz CT molecular complexity index is 878. The number of carbonyl (C=O) groups is 1. The van der Waals surface area contributed by atoms with Crippen LogP contribution in [-0.2, 0) is 11.2 Å². The highest BCUT2D eigenvalue weighted by atomic mass is 32.2. The zero-order valence-corrected chi connectivity index (χ0v) is 15.9. The molecule has 0 unspecified atom stereocenters. The van der Waals surface area contributed by atoms with Crippen LogP contribution < -0.4 is 5.32 Å². The van der Waals surface area contributed by atoms with Gasteiger partial charge in [-0.1, -0.05) is 18.2 Å². The van der Waals surface area contributed by atoms with Gasteiger partial charge in [-0.3, -0.25) is 4.79 Å². The highest BCUT2D eigenvalue weighted by Crippen LogP contribution is 2.17. The summed E-state index contributed by atoms with van der Waals surface area (Å²) in [5.74, 6) is 1.67. The molecule has 2 heterocycles. The first-order valence-electron chi connectivity index (χ1n) is 8.75. The molecule has 0 bridgehead atoms. The summed E-state index contributed by atoms with van der Waals surface area (Å²) in [5.41, 5.74) is 2.98. The van der Waals surface area contributed by atoms with Gasteiger partial charge in [0.2, 0.25) is 5.91 Å². The monoisotopic (exact) mass is 369 g/mol. The highest BCUT2D eigenvalue weighted by Gasteiger charge is 2.12. The van der Waals surface area contributed by atoms with Crippen molar-refractivity contribution in [1.82, 2.24) is 24.9 Å². The molecule has 6 nitrogen and oxygen atoms in total. The molecule has 3 aromatic rings. The zero-order valence-electron chi connectivity index (χ0n) is 15.1. The van der Waals surface area contributed by atoms with Gasteiger partial charge in [-0.05, 0) is 50.1 Å².